The van der Waals surface area contributed by atoms with E-state index < -0.39 is 5.92 Å². The van der Waals surface area contributed by atoms with Gasteiger partial charge in [0.1, 0.15) is 11.6 Å². The molecule has 1 aliphatic carbocycles. The SMILES string of the molecule is CC1=C(C(=O)Nc2ccccn2)[C@H](c2ccc(O)cc2)C2=C(C[C@@H](C)CC2=O)N1. The van der Waals surface area contributed by atoms with E-state index in [0.29, 0.717) is 23.4 Å². The van der Waals surface area contributed by atoms with E-state index in [-0.39, 0.29) is 23.4 Å². The number of amides is 1. The van der Waals surface area contributed by atoms with Crippen LogP contribution in [0.2, 0.25) is 0 Å². The van der Waals surface area contributed by atoms with E-state index in [0.717, 1.165) is 23.4 Å². The van der Waals surface area contributed by atoms with Gasteiger partial charge < -0.3 is 15.7 Å². The van der Waals surface area contributed by atoms with Gasteiger partial charge in [-0.3, -0.25) is 9.59 Å². The minimum Gasteiger partial charge on any atom is -0.508 e. The van der Waals surface area contributed by atoms with Crippen LogP contribution in [0.3, 0.4) is 0 Å². The van der Waals surface area contributed by atoms with Gasteiger partial charge in [0.15, 0.2) is 5.78 Å². The minimum absolute atomic E-state index is 0.0555. The number of phenolic OH excluding ortho intramolecular Hbond substituents is 1. The number of ketones is 1. The zero-order chi connectivity index (χ0) is 20.5. The molecule has 148 valence electrons. The second-order valence-electron chi connectivity index (χ2n) is 7.69. The van der Waals surface area contributed by atoms with Gasteiger partial charge in [0, 0.05) is 41.1 Å². The quantitative estimate of drug-likeness (QED) is 0.746. The van der Waals surface area contributed by atoms with Crippen LogP contribution < -0.4 is 10.6 Å². The lowest BCUT2D eigenvalue weighted by Gasteiger charge is -2.36. The number of dihydropyridines is 1. The Kier molecular flexibility index (Phi) is 4.92. The molecule has 0 spiro atoms. The molecule has 0 fully saturated rings. The number of Topliss-reactive ketones (excluding diaryl/α,β-unsaturated/α-hetero) is 1. The zero-order valence-corrected chi connectivity index (χ0v) is 16.4. The number of phenols is 1. The number of benzene rings is 1. The lowest BCUT2D eigenvalue weighted by molar-refractivity contribution is -0.117. The van der Waals surface area contributed by atoms with Gasteiger partial charge in [0.2, 0.25) is 0 Å². The van der Waals surface area contributed by atoms with Crippen LogP contribution in [0.5, 0.6) is 5.75 Å². The molecule has 4 rings (SSSR count). The fourth-order valence-corrected chi connectivity index (χ4v) is 4.16. The van der Waals surface area contributed by atoms with Gasteiger partial charge in [-0.15, -0.1) is 0 Å². The average Bonchev–Trinajstić information content (AvgIpc) is 2.68. The minimum atomic E-state index is -0.490. The third kappa shape index (κ3) is 3.66. The zero-order valence-electron chi connectivity index (χ0n) is 16.4. The van der Waals surface area contributed by atoms with E-state index in [1.165, 1.54) is 0 Å². The first-order valence-electron chi connectivity index (χ1n) is 9.69. The molecular weight excluding hydrogens is 366 g/mol. The maximum Gasteiger partial charge on any atom is 0.255 e. The summed E-state index contributed by atoms with van der Waals surface area (Å²) < 4.78 is 0. The van der Waals surface area contributed by atoms with Gasteiger partial charge in [0.05, 0.1) is 0 Å². The summed E-state index contributed by atoms with van der Waals surface area (Å²) in [4.78, 5) is 30.4. The van der Waals surface area contributed by atoms with E-state index in [2.05, 4.69) is 22.5 Å². The summed E-state index contributed by atoms with van der Waals surface area (Å²) >= 11 is 0. The van der Waals surface area contributed by atoms with Crippen LogP contribution in [0.15, 0.2) is 71.2 Å². The second kappa shape index (κ2) is 7.54. The molecule has 6 nitrogen and oxygen atoms in total. The third-order valence-corrected chi connectivity index (χ3v) is 5.41. The number of nitrogens with zero attached hydrogens (tertiary/aromatic N) is 1. The van der Waals surface area contributed by atoms with Gasteiger partial charge in [0.25, 0.3) is 5.91 Å². The summed E-state index contributed by atoms with van der Waals surface area (Å²) in [5, 5.41) is 15.9. The molecule has 1 amide bonds. The van der Waals surface area contributed by atoms with Crippen molar-refractivity contribution in [3.63, 3.8) is 0 Å². The molecule has 1 aromatic carbocycles. The molecule has 1 aromatic heterocycles. The topological polar surface area (TPSA) is 91.3 Å². The Morgan fingerprint density at radius 3 is 2.62 bits per heavy atom. The smallest absolute Gasteiger partial charge is 0.255 e. The molecule has 6 heteroatoms. The molecule has 1 aliphatic heterocycles. The maximum absolute atomic E-state index is 13.2. The van der Waals surface area contributed by atoms with Crippen molar-refractivity contribution in [3.05, 3.63) is 76.8 Å². The summed E-state index contributed by atoms with van der Waals surface area (Å²) in [6.45, 7) is 3.91. The summed E-state index contributed by atoms with van der Waals surface area (Å²) in [7, 11) is 0. The molecule has 0 saturated heterocycles. The summed E-state index contributed by atoms with van der Waals surface area (Å²) in [5.41, 5.74) is 3.54. The number of allylic oxidation sites excluding steroid dienone is 3. The van der Waals surface area contributed by atoms with Crippen LogP contribution in [0.25, 0.3) is 0 Å². The van der Waals surface area contributed by atoms with E-state index in [1.54, 1.807) is 48.7 Å². The normalized spacial score (nSPS) is 21.5. The lowest BCUT2D eigenvalue weighted by Crippen LogP contribution is -2.37. The standard InChI is InChI=1S/C23H23N3O3/c1-13-11-17-22(18(28)12-13)21(15-6-8-16(27)9-7-15)20(14(2)25-17)23(29)26-19-5-3-4-10-24-19/h3-10,13,21,25,27H,11-12H2,1-2H3,(H,24,26,29)/t13-,21+/m1/s1. The highest BCUT2D eigenvalue weighted by atomic mass is 16.3. The Balaban J connectivity index is 1.80. The van der Waals surface area contributed by atoms with Crippen LogP contribution in [-0.2, 0) is 9.59 Å². The fourth-order valence-electron chi connectivity index (χ4n) is 4.16. The van der Waals surface area contributed by atoms with Gasteiger partial charge in [-0.05, 0) is 49.1 Å². The van der Waals surface area contributed by atoms with Crippen molar-refractivity contribution < 1.29 is 14.7 Å². The van der Waals surface area contributed by atoms with Crippen molar-refractivity contribution in [1.82, 2.24) is 10.3 Å². The number of carbonyl (C=O) groups excluding carboxylic acids is 2. The second-order valence-corrected chi connectivity index (χ2v) is 7.69. The predicted molar refractivity (Wildman–Crippen MR) is 110 cm³/mol. The molecule has 2 aliphatic rings. The molecule has 0 unspecified atom stereocenters. The Bertz CT molecular complexity index is 1020. The van der Waals surface area contributed by atoms with Crippen LogP contribution >= 0.6 is 0 Å². The Morgan fingerprint density at radius 1 is 1.17 bits per heavy atom. The number of pyridine rings is 1. The summed E-state index contributed by atoms with van der Waals surface area (Å²) in [5.74, 6) is 0.109. The first-order valence-corrected chi connectivity index (χ1v) is 9.69. The molecule has 3 N–H and O–H groups in total. The number of rotatable bonds is 3. The van der Waals surface area contributed by atoms with E-state index in [9.17, 15) is 14.7 Å². The first-order chi connectivity index (χ1) is 13.9. The van der Waals surface area contributed by atoms with Crippen molar-refractivity contribution in [3.8, 4) is 5.75 Å². The number of hydrogen-bond acceptors (Lipinski definition) is 5. The van der Waals surface area contributed by atoms with Crippen molar-refractivity contribution >= 4 is 17.5 Å². The highest BCUT2D eigenvalue weighted by molar-refractivity contribution is 6.09. The predicted octanol–water partition coefficient (Wildman–Crippen LogP) is 3.64. The number of hydrogen-bond donors (Lipinski definition) is 3. The molecular formula is C23H23N3O3. The Labute approximate surface area is 169 Å². The van der Waals surface area contributed by atoms with E-state index in [4.69, 9.17) is 0 Å². The number of anilines is 1. The number of carbonyl (C=O) groups is 2. The Hall–Kier alpha value is -3.41. The number of aromatic nitrogens is 1. The van der Waals surface area contributed by atoms with Gasteiger partial charge in [-0.1, -0.05) is 25.1 Å². The number of nitrogens with one attached hydrogen (secondary N) is 2. The molecule has 2 aromatic rings. The van der Waals surface area contributed by atoms with E-state index >= 15 is 0 Å². The largest absolute Gasteiger partial charge is 0.508 e. The average molecular weight is 389 g/mol. The summed E-state index contributed by atoms with van der Waals surface area (Å²) in [6.07, 6.45) is 2.84. The van der Waals surface area contributed by atoms with Gasteiger partial charge in [-0.25, -0.2) is 4.98 Å². The summed E-state index contributed by atoms with van der Waals surface area (Å²) in [6, 6.07) is 12.0. The van der Waals surface area contributed by atoms with Gasteiger partial charge in [-0.2, -0.15) is 0 Å². The molecule has 0 saturated carbocycles. The fraction of sp³-hybridized carbons (Fsp3) is 0.261. The third-order valence-electron chi connectivity index (χ3n) is 5.41. The van der Waals surface area contributed by atoms with Crippen LogP contribution in [-0.4, -0.2) is 21.8 Å². The maximum atomic E-state index is 13.2. The molecule has 2 atom stereocenters. The van der Waals surface area contributed by atoms with Crippen molar-refractivity contribution in [2.75, 3.05) is 5.32 Å². The van der Waals surface area contributed by atoms with Gasteiger partial charge >= 0.3 is 0 Å². The van der Waals surface area contributed by atoms with Crippen LogP contribution in [0.1, 0.15) is 38.2 Å². The number of aromatic hydroxyl groups is 1. The first kappa shape index (κ1) is 18.9. The molecule has 2 heterocycles. The van der Waals surface area contributed by atoms with Crippen molar-refractivity contribution in [2.24, 2.45) is 5.92 Å². The van der Waals surface area contributed by atoms with E-state index in [1.807, 2.05) is 6.92 Å². The van der Waals surface area contributed by atoms with Crippen LogP contribution in [0.4, 0.5) is 5.82 Å². The highest BCUT2D eigenvalue weighted by Crippen LogP contribution is 2.43. The van der Waals surface area contributed by atoms with Crippen molar-refractivity contribution in [2.45, 2.75) is 32.6 Å². The lowest BCUT2D eigenvalue weighted by atomic mass is 9.73. The van der Waals surface area contributed by atoms with Crippen LogP contribution in [0, 0.1) is 5.92 Å². The van der Waals surface area contributed by atoms with Crippen molar-refractivity contribution in [1.29, 1.82) is 0 Å². The molecule has 0 radical (unpaired) electrons. The monoisotopic (exact) mass is 389 g/mol. The molecule has 29 heavy (non-hydrogen) atoms. The Morgan fingerprint density at radius 2 is 1.93 bits per heavy atom. The highest BCUT2D eigenvalue weighted by Gasteiger charge is 2.39. The molecule has 0 bridgehead atoms.